The molecule has 11 heteroatoms. The number of amides is 2. The van der Waals surface area contributed by atoms with Crippen LogP contribution in [0.5, 0.6) is 0 Å². The molecule has 1 aromatic heterocycles. The predicted octanol–water partition coefficient (Wildman–Crippen LogP) is 2.80. The van der Waals surface area contributed by atoms with Crippen LogP contribution in [0.25, 0.3) is 0 Å². The Labute approximate surface area is 183 Å². The molecule has 1 aromatic carbocycles. The monoisotopic (exact) mass is 451 g/mol. The number of hydrogen-bond donors (Lipinski definition) is 1. The Morgan fingerprint density at radius 2 is 2.00 bits per heavy atom. The van der Waals surface area contributed by atoms with Gasteiger partial charge in [0.05, 0.1) is 28.3 Å². The second-order valence-corrected chi connectivity index (χ2v) is 7.46. The zero-order chi connectivity index (χ0) is 23.1. The van der Waals surface area contributed by atoms with E-state index in [1.54, 1.807) is 26.0 Å². The van der Waals surface area contributed by atoms with Gasteiger partial charge in [-0.25, -0.2) is 4.79 Å². The van der Waals surface area contributed by atoms with E-state index in [0.717, 1.165) is 12.1 Å². The highest BCUT2D eigenvalue weighted by atomic mass is 35.5. The lowest BCUT2D eigenvalue weighted by atomic mass is 10.0. The molecule has 0 saturated heterocycles. The molecule has 0 aliphatic carbocycles. The van der Waals surface area contributed by atoms with Crippen LogP contribution in [0.3, 0.4) is 0 Å². The minimum atomic E-state index is -1.05. The molecule has 0 aliphatic rings. The average molecular weight is 452 g/mol. The van der Waals surface area contributed by atoms with Crippen molar-refractivity contribution in [2.24, 2.45) is 5.92 Å². The summed E-state index contributed by atoms with van der Waals surface area (Å²) in [6.45, 7) is 3.09. The summed E-state index contributed by atoms with van der Waals surface area (Å²) in [6, 6.07) is 5.74. The number of nitro benzene ring substituents is 1. The molecule has 1 N–H and O–H groups in total. The number of carbonyl (C=O) groups excluding carboxylic acids is 3. The van der Waals surface area contributed by atoms with Gasteiger partial charge in [0, 0.05) is 19.2 Å². The summed E-state index contributed by atoms with van der Waals surface area (Å²) in [5.41, 5.74) is -0.293. The zero-order valence-electron chi connectivity index (χ0n) is 17.2. The van der Waals surface area contributed by atoms with E-state index in [1.165, 1.54) is 24.3 Å². The summed E-state index contributed by atoms with van der Waals surface area (Å²) in [4.78, 5) is 48.7. The molecular formula is C20H22ClN3O7. The van der Waals surface area contributed by atoms with Gasteiger partial charge in [0.1, 0.15) is 11.8 Å². The molecule has 1 heterocycles. The topological polar surface area (TPSA) is 132 Å². The number of benzene rings is 1. The predicted molar refractivity (Wildman–Crippen MR) is 110 cm³/mol. The van der Waals surface area contributed by atoms with Crippen LogP contribution in [0, 0.1) is 16.0 Å². The van der Waals surface area contributed by atoms with Gasteiger partial charge in [0.15, 0.2) is 6.61 Å². The maximum Gasteiger partial charge on any atom is 0.329 e. The SMILES string of the molecule is CC(C)C(NC(=O)c1ccc([N+](=O)[O-])cc1Cl)C(=O)OCC(=O)N(C)Cc1ccco1. The summed E-state index contributed by atoms with van der Waals surface area (Å²) in [5, 5.41) is 13.2. The number of carbonyl (C=O) groups is 3. The van der Waals surface area contributed by atoms with Gasteiger partial charge in [-0.15, -0.1) is 0 Å². The van der Waals surface area contributed by atoms with Gasteiger partial charge in [0.2, 0.25) is 0 Å². The van der Waals surface area contributed by atoms with Crippen LogP contribution in [0.4, 0.5) is 5.69 Å². The molecule has 1 unspecified atom stereocenters. The summed E-state index contributed by atoms with van der Waals surface area (Å²) in [6.07, 6.45) is 1.49. The maximum atomic E-state index is 12.5. The first-order valence-corrected chi connectivity index (χ1v) is 9.65. The fourth-order valence-electron chi connectivity index (χ4n) is 2.58. The van der Waals surface area contributed by atoms with Crippen LogP contribution in [0.2, 0.25) is 5.02 Å². The van der Waals surface area contributed by atoms with Gasteiger partial charge < -0.3 is 19.4 Å². The van der Waals surface area contributed by atoms with E-state index in [4.69, 9.17) is 20.8 Å². The van der Waals surface area contributed by atoms with Crippen molar-refractivity contribution in [2.75, 3.05) is 13.7 Å². The van der Waals surface area contributed by atoms with Gasteiger partial charge in [-0.1, -0.05) is 25.4 Å². The molecule has 2 rings (SSSR count). The number of rotatable bonds is 9. The first kappa shape index (κ1) is 23.9. The van der Waals surface area contributed by atoms with E-state index in [1.807, 2.05) is 0 Å². The number of nitrogens with one attached hydrogen (secondary N) is 1. The van der Waals surface area contributed by atoms with Crippen molar-refractivity contribution in [3.8, 4) is 0 Å². The Kier molecular flexibility index (Phi) is 8.14. The van der Waals surface area contributed by atoms with Gasteiger partial charge in [-0.3, -0.25) is 19.7 Å². The van der Waals surface area contributed by atoms with Gasteiger partial charge in [-0.05, 0) is 24.1 Å². The fourth-order valence-corrected chi connectivity index (χ4v) is 2.84. The van der Waals surface area contributed by atoms with E-state index in [0.29, 0.717) is 5.76 Å². The molecule has 0 bridgehead atoms. The zero-order valence-corrected chi connectivity index (χ0v) is 17.9. The molecule has 2 amide bonds. The average Bonchev–Trinajstić information content (AvgIpc) is 3.22. The summed E-state index contributed by atoms with van der Waals surface area (Å²) in [5.74, 6) is -1.71. The van der Waals surface area contributed by atoms with Crippen molar-refractivity contribution < 1.29 is 28.5 Å². The van der Waals surface area contributed by atoms with Crippen LogP contribution in [-0.2, 0) is 20.9 Å². The number of likely N-dealkylation sites (N-methyl/N-ethyl adjacent to an activating group) is 1. The highest BCUT2D eigenvalue weighted by Crippen LogP contribution is 2.22. The smallest absolute Gasteiger partial charge is 0.329 e. The van der Waals surface area contributed by atoms with Crippen molar-refractivity contribution in [2.45, 2.75) is 26.4 Å². The molecule has 0 saturated carbocycles. The van der Waals surface area contributed by atoms with E-state index in [9.17, 15) is 24.5 Å². The molecule has 10 nitrogen and oxygen atoms in total. The minimum absolute atomic E-state index is 0.0278. The third-order valence-electron chi connectivity index (χ3n) is 4.35. The quantitative estimate of drug-likeness (QED) is 0.352. The summed E-state index contributed by atoms with van der Waals surface area (Å²) in [7, 11) is 1.54. The number of hydrogen-bond acceptors (Lipinski definition) is 7. The Balaban J connectivity index is 1.98. The standard InChI is InChI=1S/C20H22ClN3O7/c1-12(2)18(22-19(26)15-7-6-13(24(28)29)9-16(15)21)20(27)31-11-17(25)23(3)10-14-5-4-8-30-14/h4-9,12,18H,10-11H2,1-3H3,(H,22,26). The van der Waals surface area contributed by atoms with Crippen molar-refractivity contribution in [1.29, 1.82) is 0 Å². The molecule has 0 aliphatic heterocycles. The maximum absolute atomic E-state index is 12.5. The molecule has 1 atom stereocenters. The Bertz CT molecular complexity index is 960. The van der Waals surface area contributed by atoms with Crippen molar-refractivity contribution in [3.05, 3.63) is 63.1 Å². The lowest BCUT2D eigenvalue weighted by molar-refractivity contribution is -0.384. The van der Waals surface area contributed by atoms with Crippen LogP contribution in [0.1, 0.15) is 30.0 Å². The first-order chi connectivity index (χ1) is 14.6. The Hall–Kier alpha value is -3.40. The minimum Gasteiger partial charge on any atom is -0.467 e. The van der Waals surface area contributed by atoms with Crippen molar-refractivity contribution in [1.82, 2.24) is 10.2 Å². The molecule has 166 valence electrons. The summed E-state index contributed by atoms with van der Waals surface area (Å²) < 4.78 is 10.3. The van der Waals surface area contributed by atoms with Crippen LogP contribution in [0.15, 0.2) is 41.0 Å². The van der Waals surface area contributed by atoms with Crippen molar-refractivity contribution in [3.63, 3.8) is 0 Å². The molecular weight excluding hydrogens is 430 g/mol. The normalized spacial score (nSPS) is 11.6. The number of esters is 1. The number of nitro groups is 1. The van der Waals surface area contributed by atoms with Crippen LogP contribution >= 0.6 is 11.6 Å². The van der Waals surface area contributed by atoms with E-state index in [2.05, 4.69) is 5.32 Å². The highest BCUT2D eigenvalue weighted by molar-refractivity contribution is 6.34. The molecule has 0 fully saturated rings. The second kappa shape index (κ2) is 10.6. The lowest BCUT2D eigenvalue weighted by Gasteiger charge is -2.22. The van der Waals surface area contributed by atoms with Gasteiger partial charge >= 0.3 is 5.97 Å². The fraction of sp³-hybridized carbons (Fsp3) is 0.350. The highest BCUT2D eigenvalue weighted by Gasteiger charge is 2.28. The lowest BCUT2D eigenvalue weighted by Crippen LogP contribution is -2.46. The third kappa shape index (κ3) is 6.54. The Morgan fingerprint density at radius 3 is 2.55 bits per heavy atom. The number of ether oxygens (including phenoxy) is 1. The second-order valence-electron chi connectivity index (χ2n) is 7.05. The third-order valence-corrected chi connectivity index (χ3v) is 4.66. The molecule has 31 heavy (non-hydrogen) atoms. The number of nitrogens with zero attached hydrogens (tertiary/aromatic N) is 2. The Morgan fingerprint density at radius 1 is 1.29 bits per heavy atom. The number of halogens is 1. The van der Waals surface area contributed by atoms with Crippen LogP contribution in [-0.4, -0.2) is 47.3 Å². The van der Waals surface area contributed by atoms with Crippen LogP contribution < -0.4 is 5.32 Å². The molecule has 0 radical (unpaired) electrons. The number of furan rings is 1. The van der Waals surface area contributed by atoms with Gasteiger partial charge in [-0.2, -0.15) is 0 Å². The van der Waals surface area contributed by atoms with E-state index >= 15 is 0 Å². The molecule has 2 aromatic rings. The first-order valence-electron chi connectivity index (χ1n) is 9.28. The van der Waals surface area contributed by atoms with Gasteiger partial charge in [0.25, 0.3) is 17.5 Å². The molecule has 0 spiro atoms. The number of non-ortho nitro benzene ring substituents is 1. The van der Waals surface area contributed by atoms with E-state index < -0.39 is 35.4 Å². The summed E-state index contributed by atoms with van der Waals surface area (Å²) >= 11 is 5.97. The van der Waals surface area contributed by atoms with Crippen molar-refractivity contribution >= 4 is 35.1 Å². The largest absolute Gasteiger partial charge is 0.467 e. The van der Waals surface area contributed by atoms with E-state index in [-0.39, 0.29) is 28.7 Å².